The van der Waals surface area contributed by atoms with Crippen molar-refractivity contribution in [1.29, 1.82) is 0 Å². The van der Waals surface area contributed by atoms with Crippen LogP contribution in [0, 0.1) is 5.92 Å². The number of benzene rings is 1. The van der Waals surface area contributed by atoms with Gasteiger partial charge in [-0.25, -0.2) is 0 Å². The lowest BCUT2D eigenvalue weighted by atomic mass is 9.96. The van der Waals surface area contributed by atoms with Gasteiger partial charge in [0.05, 0.1) is 13.2 Å². The van der Waals surface area contributed by atoms with E-state index in [1.807, 2.05) is 37.3 Å². The number of hydrogen-bond acceptors (Lipinski definition) is 2. The number of ether oxygens (including phenoxy) is 1. The van der Waals surface area contributed by atoms with Gasteiger partial charge in [0.25, 0.3) is 0 Å². The smallest absolute Gasteiger partial charge is 0.113 e. The largest absolute Gasteiger partial charge is 0.393 e. The Bertz CT molecular complexity index is 282. The van der Waals surface area contributed by atoms with Crippen molar-refractivity contribution in [3.8, 4) is 0 Å². The summed E-state index contributed by atoms with van der Waals surface area (Å²) in [6.45, 7) is 6.78. The number of aliphatic hydroxyl groups is 1. The summed E-state index contributed by atoms with van der Waals surface area (Å²) in [5.41, 5.74) is 0.444. The Morgan fingerprint density at radius 1 is 1.27 bits per heavy atom. The molecule has 0 bridgehead atoms. The molecule has 0 aliphatic rings. The van der Waals surface area contributed by atoms with E-state index in [1.165, 1.54) is 0 Å². The highest BCUT2D eigenvalue weighted by Crippen LogP contribution is 2.25. The molecule has 1 aromatic rings. The molecule has 0 aliphatic carbocycles. The van der Waals surface area contributed by atoms with E-state index in [0.717, 1.165) is 5.56 Å². The summed E-state index contributed by atoms with van der Waals surface area (Å²) in [5, 5.41) is 9.43. The maximum Gasteiger partial charge on any atom is 0.113 e. The van der Waals surface area contributed by atoms with E-state index in [0.29, 0.717) is 12.5 Å². The first-order chi connectivity index (χ1) is 7.08. The monoisotopic (exact) mass is 208 g/mol. The van der Waals surface area contributed by atoms with Gasteiger partial charge in [0.1, 0.15) is 5.60 Å². The minimum Gasteiger partial charge on any atom is -0.393 e. The number of rotatable bonds is 5. The molecule has 2 heteroatoms. The van der Waals surface area contributed by atoms with Crippen LogP contribution in [-0.2, 0) is 10.3 Å². The number of aliphatic hydroxyl groups excluding tert-OH is 1. The van der Waals surface area contributed by atoms with E-state index in [2.05, 4.69) is 13.8 Å². The van der Waals surface area contributed by atoms with Gasteiger partial charge in [-0.2, -0.15) is 0 Å². The van der Waals surface area contributed by atoms with Crippen LogP contribution in [0.2, 0.25) is 0 Å². The maximum atomic E-state index is 9.43. The lowest BCUT2D eigenvalue weighted by Gasteiger charge is -2.29. The minimum absolute atomic E-state index is 0.00370. The third-order valence-corrected chi connectivity index (χ3v) is 2.42. The first-order valence-corrected chi connectivity index (χ1v) is 5.39. The van der Waals surface area contributed by atoms with Crippen molar-refractivity contribution < 1.29 is 9.84 Å². The average molecular weight is 208 g/mol. The first-order valence-electron chi connectivity index (χ1n) is 5.39. The second kappa shape index (κ2) is 5.29. The van der Waals surface area contributed by atoms with E-state index in [4.69, 9.17) is 4.74 Å². The molecule has 15 heavy (non-hydrogen) atoms. The fourth-order valence-corrected chi connectivity index (χ4v) is 1.36. The molecule has 0 fully saturated rings. The lowest BCUT2D eigenvalue weighted by molar-refractivity contribution is -0.0814. The molecule has 0 spiro atoms. The second-order valence-corrected chi connectivity index (χ2v) is 4.46. The van der Waals surface area contributed by atoms with Gasteiger partial charge in [-0.15, -0.1) is 0 Å². The zero-order valence-corrected chi connectivity index (χ0v) is 9.73. The Kier molecular flexibility index (Phi) is 4.30. The first kappa shape index (κ1) is 12.2. The molecule has 1 N–H and O–H groups in total. The summed E-state index contributed by atoms with van der Waals surface area (Å²) >= 11 is 0. The van der Waals surface area contributed by atoms with Gasteiger partial charge in [0.15, 0.2) is 0 Å². The van der Waals surface area contributed by atoms with E-state index in [-0.39, 0.29) is 6.61 Å². The van der Waals surface area contributed by atoms with Crippen LogP contribution >= 0.6 is 0 Å². The molecule has 1 unspecified atom stereocenters. The Morgan fingerprint density at radius 3 is 2.33 bits per heavy atom. The molecule has 0 radical (unpaired) electrons. The van der Waals surface area contributed by atoms with Crippen molar-refractivity contribution in [2.45, 2.75) is 26.4 Å². The summed E-state index contributed by atoms with van der Waals surface area (Å²) in [5.74, 6) is 0.472. The van der Waals surface area contributed by atoms with Gasteiger partial charge in [-0.3, -0.25) is 0 Å². The van der Waals surface area contributed by atoms with Crippen molar-refractivity contribution in [1.82, 2.24) is 0 Å². The third-order valence-electron chi connectivity index (χ3n) is 2.42. The zero-order chi connectivity index (χ0) is 11.3. The Hall–Kier alpha value is -0.860. The van der Waals surface area contributed by atoms with Gasteiger partial charge in [0.2, 0.25) is 0 Å². The summed E-state index contributed by atoms with van der Waals surface area (Å²) in [4.78, 5) is 0. The summed E-state index contributed by atoms with van der Waals surface area (Å²) in [7, 11) is 0. The van der Waals surface area contributed by atoms with Crippen LogP contribution < -0.4 is 0 Å². The fourth-order valence-electron chi connectivity index (χ4n) is 1.36. The van der Waals surface area contributed by atoms with Gasteiger partial charge in [-0.1, -0.05) is 44.2 Å². The molecule has 0 aliphatic heterocycles. The molecule has 84 valence electrons. The van der Waals surface area contributed by atoms with Crippen molar-refractivity contribution >= 4 is 0 Å². The molecular formula is C13H20O2. The highest BCUT2D eigenvalue weighted by atomic mass is 16.5. The lowest BCUT2D eigenvalue weighted by Crippen LogP contribution is -2.31. The molecular weight excluding hydrogens is 188 g/mol. The van der Waals surface area contributed by atoms with Crippen molar-refractivity contribution in [3.63, 3.8) is 0 Å². The Balaban J connectivity index is 2.76. The van der Waals surface area contributed by atoms with Gasteiger partial charge < -0.3 is 9.84 Å². The standard InChI is InChI=1S/C13H20O2/c1-11(2)9-15-13(3,10-14)12-7-5-4-6-8-12/h4-8,11,14H,9-10H2,1-3H3. The van der Waals surface area contributed by atoms with E-state index in [9.17, 15) is 5.11 Å². The molecule has 1 atom stereocenters. The molecule has 0 amide bonds. The van der Waals surface area contributed by atoms with Crippen LogP contribution in [0.5, 0.6) is 0 Å². The Labute approximate surface area is 91.9 Å². The Morgan fingerprint density at radius 2 is 1.87 bits per heavy atom. The molecule has 1 aromatic carbocycles. The summed E-state index contributed by atoms with van der Waals surface area (Å²) < 4.78 is 5.78. The molecule has 0 aromatic heterocycles. The molecule has 0 heterocycles. The summed E-state index contributed by atoms with van der Waals surface area (Å²) in [6.07, 6.45) is 0. The SMILES string of the molecule is CC(C)COC(C)(CO)c1ccccc1. The van der Waals surface area contributed by atoms with E-state index in [1.54, 1.807) is 0 Å². The fraction of sp³-hybridized carbons (Fsp3) is 0.538. The van der Waals surface area contributed by atoms with Crippen molar-refractivity contribution in [3.05, 3.63) is 35.9 Å². The van der Waals surface area contributed by atoms with Gasteiger partial charge in [0, 0.05) is 0 Å². The van der Waals surface area contributed by atoms with Crippen molar-refractivity contribution in [2.75, 3.05) is 13.2 Å². The van der Waals surface area contributed by atoms with Crippen LogP contribution in [0.15, 0.2) is 30.3 Å². The van der Waals surface area contributed by atoms with Crippen LogP contribution in [0.3, 0.4) is 0 Å². The van der Waals surface area contributed by atoms with Gasteiger partial charge >= 0.3 is 0 Å². The molecule has 1 rings (SSSR count). The van der Waals surface area contributed by atoms with E-state index < -0.39 is 5.60 Å². The predicted molar refractivity (Wildman–Crippen MR) is 61.7 cm³/mol. The number of hydrogen-bond donors (Lipinski definition) is 1. The van der Waals surface area contributed by atoms with Crippen LogP contribution in [-0.4, -0.2) is 18.3 Å². The highest BCUT2D eigenvalue weighted by molar-refractivity contribution is 5.21. The predicted octanol–water partition coefficient (Wildman–Crippen LogP) is 2.57. The average Bonchev–Trinajstić information content (AvgIpc) is 2.27. The van der Waals surface area contributed by atoms with Crippen molar-refractivity contribution in [2.24, 2.45) is 5.92 Å². The molecule has 2 nitrogen and oxygen atoms in total. The normalized spacial score (nSPS) is 15.3. The van der Waals surface area contributed by atoms with Crippen LogP contribution in [0.25, 0.3) is 0 Å². The highest BCUT2D eigenvalue weighted by Gasteiger charge is 2.26. The van der Waals surface area contributed by atoms with Gasteiger partial charge in [-0.05, 0) is 18.4 Å². The minimum atomic E-state index is -0.578. The quantitative estimate of drug-likeness (QED) is 0.806. The molecule has 0 saturated carbocycles. The zero-order valence-electron chi connectivity index (χ0n) is 9.73. The van der Waals surface area contributed by atoms with E-state index >= 15 is 0 Å². The van der Waals surface area contributed by atoms with Crippen LogP contribution in [0.1, 0.15) is 26.3 Å². The second-order valence-electron chi connectivity index (χ2n) is 4.46. The summed E-state index contributed by atoms with van der Waals surface area (Å²) in [6, 6.07) is 9.85. The topological polar surface area (TPSA) is 29.5 Å². The van der Waals surface area contributed by atoms with Crippen LogP contribution in [0.4, 0.5) is 0 Å². The maximum absolute atomic E-state index is 9.43. The molecule has 0 saturated heterocycles. The third kappa shape index (κ3) is 3.33.